The SMILES string of the molecule is Nc1cc([N+](=O)[O-])ccc1C(=O)OCC(=O)N[C@H]1CCCc2ccccc21. The van der Waals surface area contributed by atoms with E-state index in [9.17, 15) is 19.7 Å². The van der Waals surface area contributed by atoms with Crippen molar-refractivity contribution in [2.45, 2.75) is 25.3 Å². The Morgan fingerprint density at radius 3 is 2.78 bits per heavy atom. The number of rotatable bonds is 5. The van der Waals surface area contributed by atoms with E-state index in [-0.39, 0.29) is 23.0 Å². The fourth-order valence-corrected chi connectivity index (χ4v) is 3.20. The highest BCUT2D eigenvalue weighted by Gasteiger charge is 2.22. The number of aryl methyl sites for hydroxylation is 1. The minimum Gasteiger partial charge on any atom is -0.452 e. The molecular formula is C19H19N3O5. The number of nitrogens with one attached hydrogen (secondary N) is 1. The zero-order valence-electron chi connectivity index (χ0n) is 14.5. The van der Waals surface area contributed by atoms with Gasteiger partial charge in [0.05, 0.1) is 22.2 Å². The van der Waals surface area contributed by atoms with Gasteiger partial charge >= 0.3 is 5.97 Å². The van der Waals surface area contributed by atoms with Crippen LogP contribution in [0.2, 0.25) is 0 Å². The van der Waals surface area contributed by atoms with E-state index in [1.54, 1.807) is 0 Å². The lowest BCUT2D eigenvalue weighted by Crippen LogP contribution is -2.34. The molecule has 8 heteroatoms. The van der Waals surface area contributed by atoms with Gasteiger partial charge in [-0.2, -0.15) is 0 Å². The molecule has 2 aromatic rings. The largest absolute Gasteiger partial charge is 0.452 e. The molecule has 0 heterocycles. The van der Waals surface area contributed by atoms with Crippen molar-refractivity contribution in [3.05, 3.63) is 69.3 Å². The number of carbonyl (C=O) groups excluding carboxylic acids is 2. The van der Waals surface area contributed by atoms with Crippen LogP contribution < -0.4 is 11.1 Å². The van der Waals surface area contributed by atoms with Crippen molar-refractivity contribution >= 4 is 23.3 Å². The first-order valence-corrected chi connectivity index (χ1v) is 8.54. The lowest BCUT2D eigenvalue weighted by atomic mass is 9.88. The molecule has 1 atom stereocenters. The van der Waals surface area contributed by atoms with Crippen LogP contribution in [0.4, 0.5) is 11.4 Å². The molecule has 1 aliphatic rings. The lowest BCUT2D eigenvalue weighted by Gasteiger charge is -2.26. The van der Waals surface area contributed by atoms with Gasteiger partial charge in [-0.15, -0.1) is 0 Å². The number of esters is 1. The number of benzene rings is 2. The van der Waals surface area contributed by atoms with Crippen LogP contribution in [-0.4, -0.2) is 23.4 Å². The number of nitrogens with two attached hydrogens (primary N) is 1. The Hall–Kier alpha value is -3.42. The number of nitro groups is 1. The molecule has 0 radical (unpaired) electrons. The van der Waals surface area contributed by atoms with Gasteiger partial charge in [0.2, 0.25) is 0 Å². The van der Waals surface area contributed by atoms with Crippen molar-refractivity contribution in [1.82, 2.24) is 5.32 Å². The van der Waals surface area contributed by atoms with Gasteiger partial charge in [-0.05, 0) is 36.5 Å². The minimum atomic E-state index is -0.804. The molecule has 0 spiro atoms. The Morgan fingerprint density at radius 2 is 2.04 bits per heavy atom. The molecule has 27 heavy (non-hydrogen) atoms. The normalized spacial score (nSPS) is 15.5. The third kappa shape index (κ3) is 4.22. The van der Waals surface area contributed by atoms with Crippen LogP contribution in [0.15, 0.2) is 42.5 Å². The molecule has 1 amide bonds. The van der Waals surface area contributed by atoms with Gasteiger partial charge in [0, 0.05) is 12.1 Å². The highest BCUT2D eigenvalue weighted by Crippen LogP contribution is 2.29. The van der Waals surface area contributed by atoms with E-state index in [0.717, 1.165) is 37.0 Å². The second kappa shape index (κ2) is 7.86. The standard InChI is InChI=1S/C19H19N3O5/c20-16-10-13(22(25)26)8-9-15(16)19(24)27-11-18(23)21-17-7-3-5-12-4-1-2-6-14(12)17/h1-2,4,6,8-10,17H,3,5,7,11,20H2,(H,21,23)/t17-/m0/s1. The maximum Gasteiger partial charge on any atom is 0.340 e. The molecule has 0 aliphatic heterocycles. The topological polar surface area (TPSA) is 125 Å². The van der Waals surface area contributed by atoms with Crippen molar-refractivity contribution < 1.29 is 19.2 Å². The molecule has 0 unspecified atom stereocenters. The van der Waals surface area contributed by atoms with E-state index in [1.165, 1.54) is 11.6 Å². The first-order valence-electron chi connectivity index (χ1n) is 8.54. The quantitative estimate of drug-likeness (QED) is 0.361. The van der Waals surface area contributed by atoms with Crippen LogP contribution in [0.25, 0.3) is 0 Å². The number of anilines is 1. The van der Waals surface area contributed by atoms with E-state index >= 15 is 0 Å². The molecule has 1 aliphatic carbocycles. The summed E-state index contributed by atoms with van der Waals surface area (Å²) in [6.07, 6.45) is 2.78. The molecule has 0 fully saturated rings. The van der Waals surface area contributed by atoms with Gasteiger partial charge in [-0.25, -0.2) is 4.79 Å². The molecule has 0 saturated carbocycles. The predicted molar refractivity (Wildman–Crippen MR) is 98.1 cm³/mol. The van der Waals surface area contributed by atoms with Gasteiger partial charge in [0.25, 0.3) is 11.6 Å². The van der Waals surface area contributed by atoms with Crippen molar-refractivity contribution in [1.29, 1.82) is 0 Å². The Labute approximate surface area is 155 Å². The van der Waals surface area contributed by atoms with Gasteiger partial charge in [-0.1, -0.05) is 24.3 Å². The Kier molecular flexibility index (Phi) is 5.35. The van der Waals surface area contributed by atoms with Crippen LogP contribution in [0.1, 0.15) is 40.4 Å². The van der Waals surface area contributed by atoms with Crippen LogP contribution in [0.3, 0.4) is 0 Å². The summed E-state index contributed by atoms with van der Waals surface area (Å²) in [5, 5.41) is 13.6. The number of hydrogen-bond donors (Lipinski definition) is 2. The maximum absolute atomic E-state index is 12.2. The third-order valence-electron chi connectivity index (χ3n) is 4.50. The van der Waals surface area contributed by atoms with E-state index in [0.29, 0.717) is 0 Å². The average Bonchev–Trinajstić information content (AvgIpc) is 2.66. The third-order valence-corrected chi connectivity index (χ3v) is 4.50. The van der Waals surface area contributed by atoms with E-state index < -0.39 is 23.4 Å². The molecule has 3 N–H and O–H groups in total. The van der Waals surface area contributed by atoms with E-state index in [4.69, 9.17) is 10.5 Å². The predicted octanol–water partition coefficient (Wildman–Crippen LogP) is 2.53. The van der Waals surface area contributed by atoms with Crippen LogP contribution in [0.5, 0.6) is 0 Å². The summed E-state index contributed by atoms with van der Waals surface area (Å²) in [4.78, 5) is 34.4. The summed E-state index contributed by atoms with van der Waals surface area (Å²) in [6.45, 7) is -0.450. The fourth-order valence-electron chi connectivity index (χ4n) is 3.20. The van der Waals surface area contributed by atoms with Crippen molar-refractivity contribution in [3.63, 3.8) is 0 Å². The highest BCUT2D eigenvalue weighted by molar-refractivity contribution is 5.96. The summed E-state index contributed by atoms with van der Waals surface area (Å²) in [5.41, 5.74) is 7.65. The number of non-ortho nitro benzene ring substituents is 1. The van der Waals surface area contributed by atoms with Gasteiger partial charge in [-0.3, -0.25) is 14.9 Å². The second-order valence-electron chi connectivity index (χ2n) is 6.32. The summed E-state index contributed by atoms with van der Waals surface area (Å²) in [7, 11) is 0. The fraction of sp³-hybridized carbons (Fsp3) is 0.263. The van der Waals surface area contributed by atoms with Crippen molar-refractivity contribution in [2.75, 3.05) is 12.3 Å². The van der Waals surface area contributed by atoms with Crippen LogP contribution in [0, 0.1) is 10.1 Å². The number of hydrogen-bond acceptors (Lipinski definition) is 6. The molecule has 2 aromatic carbocycles. The zero-order chi connectivity index (χ0) is 19.4. The Balaban J connectivity index is 1.58. The van der Waals surface area contributed by atoms with Crippen LogP contribution >= 0.6 is 0 Å². The van der Waals surface area contributed by atoms with E-state index in [1.807, 2.05) is 24.3 Å². The summed E-state index contributed by atoms with van der Waals surface area (Å²) >= 11 is 0. The number of nitro benzene ring substituents is 1. The lowest BCUT2D eigenvalue weighted by molar-refractivity contribution is -0.384. The molecular weight excluding hydrogens is 350 g/mol. The summed E-state index contributed by atoms with van der Waals surface area (Å²) < 4.78 is 5.00. The minimum absolute atomic E-state index is 0.0172. The molecule has 0 saturated heterocycles. The summed E-state index contributed by atoms with van der Waals surface area (Å²) in [5.74, 6) is -1.22. The zero-order valence-corrected chi connectivity index (χ0v) is 14.5. The van der Waals surface area contributed by atoms with Gasteiger partial charge in [0.1, 0.15) is 0 Å². The summed E-state index contributed by atoms with van der Waals surface area (Å²) in [6, 6.07) is 11.3. The first-order chi connectivity index (χ1) is 13.0. The molecule has 3 rings (SSSR count). The van der Waals surface area contributed by atoms with E-state index in [2.05, 4.69) is 5.32 Å². The van der Waals surface area contributed by atoms with Gasteiger partial charge < -0.3 is 15.8 Å². The molecule has 0 aromatic heterocycles. The molecule has 140 valence electrons. The number of amides is 1. The van der Waals surface area contributed by atoms with Crippen molar-refractivity contribution in [2.24, 2.45) is 0 Å². The monoisotopic (exact) mass is 369 g/mol. The number of fused-ring (bicyclic) bond motifs is 1. The average molecular weight is 369 g/mol. The Bertz CT molecular complexity index is 897. The molecule has 8 nitrogen and oxygen atoms in total. The highest BCUT2D eigenvalue weighted by atomic mass is 16.6. The number of nitrogen functional groups attached to an aromatic ring is 1. The Morgan fingerprint density at radius 1 is 1.26 bits per heavy atom. The maximum atomic E-state index is 12.2. The number of ether oxygens (including phenoxy) is 1. The smallest absolute Gasteiger partial charge is 0.340 e. The first kappa shape index (κ1) is 18.4. The van der Waals surface area contributed by atoms with Crippen molar-refractivity contribution in [3.8, 4) is 0 Å². The van der Waals surface area contributed by atoms with Crippen LogP contribution in [-0.2, 0) is 16.0 Å². The second-order valence-corrected chi connectivity index (χ2v) is 6.32. The number of carbonyl (C=O) groups is 2. The number of nitrogens with zero attached hydrogens (tertiary/aromatic N) is 1. The molecule has 0 bridgehead atoms. The van der Waals surface area contributed by atoms with Gasteiger partial charge in [0.15, 0.2) is 6.61 Å².